The Balaban J connectivity index is 1.40. The molecular formula is C20H27N5O4. The Morgan fingerprint density at radius 2 is 1.69 bits per heavy atom. The van der Waals surface area contributed by atoms with Crippen LogP contribution in [0.25, 0.3) is 0 Å². The molecule has 1 aromatic heterocycles. The molecule has 0 spiro atoms. The molecule has 0 atom stereocenters. The first-order valence-electron chi connectivity index (χ1n) is 9.93. The molecule has 3 rings (SSSR count). The molecule has 1 saturated heterocycles. The highest BCUT2D eigenvalue weighted by Gasteiger charge is 2.14. The molecule has 9 heteroatoms. The molecule has 1 aromatic carbocycles. The monoisotopic (exact) mass is 401 g/mol. The van der Waals surface area contributed by atoms with Gasteiger partial charge in [0.05, 0.1) is 19.8 Å². The summed E-state index contributed by atoms with van der Waals surface area (Å²) in [6.45, 7) is 5.24. The summed E-state index contributed by atoms with van der Waals surface area (Å²) in [4.78, 5) is 30.5. The lowest BCUT2D eigenvalue weighted by Crippen LogP contribution is -2.41. The van der Waals surface area contributed by atoms with Gasteiger partial charge in [0.2, 0.25) is 17.7 Å². The fourth-order valence-corrected chi connectivity index (χ4v) is 2.96. The van der Waals surface area contributed by atoms with Crippen molar-refractivity contribution in [1.82, 2.24) is 15.0 Å². The average Bonchev–Trinajstić information content (AvgIpc) is 3.16. The van der Waals surface area contributed by atoms with Gasteiger partial charge in [-0.05, 0) is 30.7 Å². The molecule has 2 heterocycles. The summed E-state index contributed by atoms with van der Waals surface area (Å²) in [6.07, 6.45) is 2.37. The van der Waals surface area contributed by atoms with E-state index in [2.05, 4.69) is 25.7 Å². The highest BCUT2D eigenvalue weighted by atomic mass is 16.5. The van der Waals surface area contributed by atoms with Crippen molar-refractivity contribution in [3.05, 3.63) is 36.0 Å². The summed E-state index contributed by atoms with van der Waals surface area (Å²) < 4.78 is 10.4. The number of rotatable bonds is 9. The van der Waals surface area contributed by atoms with Gasteiger partial charge in [0, 0.05) is 43.7 Å². The van der Waals surface area contributed by atoms with Gasteiger partial charge >= 0.3 is 0 Å². The first-order chi connectivity index (χ1) is 14.1. The van der Waals surface area contributed by atoms with Gasteiger partial charge < -0.3 is 19.9 Å². The zero-order valence-electron chi connectivity index (χ0n) is 16.6. The minimum atomic E-state index is -0.135. The van der Waals surface area contributed by atoms with E-state index in [1.165, 1.54) is 0 Å². The molecule has 2 aromatic rings. The van der Waals surface area contributed by atoms with Gasteiger partial charge in [0.25, 0.3) is 0 Å². The van der Waals surface area contributed by atoms with Gasteiger partial charge in [-0.25, -0.2) is 0 Å². The highest BCUT2D eigenvalue weighted by molar-refractivity contribution is 5.93. The third kappa shape index (κ3) is 6.95. The maximum absolute atomic E-state index is 12.1. The van der Waals surface area contributed by atoms with Crippen LogP contribution < -0.4 is 10.6 Å². The maximum Gasteiger partial charge on any atom is 0.238 e. The number of morpholine rings is 1. The molecule has 2 amide bonds. The van der Waals surface area contributed by atoms with Crippen molar-refractivity contribution in [2.45, 2.75) is 32.6 Å². The van der Waals surface area contributed by atoms with Crippen LogP contribution in [0.4, 0.5) is 11.4 Å². The maximum atomic E-state index is 12.1. The van der Waals surface area contributed by atoms with Crippen molar-refractivity contribution in [3.63, 3.8) is 0 Å². The average molecular weight is 401 g/mol. The van der Waals surface area contributed by atoms with Crippen LogP contribution in [0, 0.1) is 0 Å². The lowest BCUT2D eigenvalue weighted by molar-refractivity contribution is -0.118. The second-order valence-electron chi connectivity index (χ2n) is 6.92. The Kier molecular flexibility index (Phi) is 7.71. The Morgan fingerprint density at radius 3 is 2.34 bits per heavy atom. The molecule has 156 valence electrons. The van der Waals surface area contributed by atoms with Crippen molar-refractivity contribution in [2.24, 2.45) is 0 Å². The summed E-state index contributed by atoms with van der Waals surface area (Å²) in [6, 6.07) is 7.05. The van der Waals surface area contributed by atoms with Crippen molar-refractivity contribution in [1.29, 1.82) is 0 Å². The van der Waals surface area contributed by atoms with Crippen LogP contribution in [0.5, 0.6) is 0 Å². The molecule has 1 fully saturated rings. The minimum Gasteiger partial charge on any atom is -0.379 e. The van der Waals surface area contributed by atoms with E-state index < -0.39 is 0 Å². The van der Waals surface area contributed by atoms with E-state index in [-0.39, 0.29) is 18.2 Å². The second-order valence-corrected chi connectivity index (χ2v) is 6.92. The van der Waals surface area contributed by atoms with Crippen LogP contribution >= 0.6 is 0 Å². The van der Waals surface area contributed by atoms with Gasteiger partial charge in [-0.1, -0.05) is 12.1 Å². The number of hydrogen-bond acceptors (Lipinski definition) is 7. The molecule has 0 bridgehead atoms. The van der Waals surface area contributed by atoms with Crippen LogP contribution in [-0.2, 0) is 27.2 Å². The Labute approximate surface area is 169 Å². The number of benzene rings is 1. The molecule has 0 unspecified atom stereocenters. The number of amides is 2. The van der Waals surface area contributed by atoms with Crippen molar-refractivity contribution in [2.75, 3.05) is 43.5 Å². The number of aryl methyl sites for hydroxylation is 2. The predicted molar refractivity (Wildman–Crippen MR) is 108 cm³/mol. The molecule has 1 aliphatic rings. The van der Waals surface area contributed by atoms with E-state index in [4.69, 9.17) is 9.26 Å². The van der Waals surface area contributed by atoms with Crippen LogP contribution in [0.2, 0.25) is 0 Å². The molecule has 29 heavy (non-hydrogen) atoms. The smallest absolute Gasteiger partial charge is 0.238 e. The number of carbonyl (C=O) groups is 2. The number of anilines is 2. The summed E-state index contributed by atoms with van der Waals surface area (Å²) in [5, 5.41) is 9.57. The molecule has 0 aliphatic carbocycles. The quantitative estimate of drug-likeness (QED) is 0.660. The van der Waals surface area contributed by atoms with Gasteiger partial charge in [-0.15, -0.1) is 0 Å². The summed E-state index contributed by atoms with van der Waals surface area (Å²) in [5.74, 6) is 0.950. The van der Waals surface area contributed by atoms with E-state index in [1.807, 2.05) is 6.92 Å². The third-order valence-electron chi connectivity index (χ3n) is 4.47. The highest BCUT2D eigenvalue weighted by Crippen LogP contribution is 2.14. The zero-order chi connectivity index (χ0) is 20.5. The lowest BCUT2D eigenvalue weighted by Gasteiger charge is -2.25. The van der Waals surface area contributed by atoms with Gasteiger partial charge in [-0.3, -0.25) is 14.5 Å². The number of aromatic nitrogens is 2. The van der Waals surface area contributed by atoms with Gasteiger partial charge in [0.15, 0.2) is 5.82 Å². The number of nitrogens with one attached hydrogen (secondary N) is 2. The van der Waals surface area contributed by atoms with Crippen LogP contribution in [0.15, 0.2) is 28.8 Å². The first kappa shape index (κ1) is 20.9. The van der Waals surface area contributed by atoms with E-state index in [1.54, 1.807) is 24.3 Å². The molecular weight excluding hydrogens is 374 g/mol. The second kappa shape index (κ2) is 10.7. The van der Waals surface area contributed by atoms with E-state index in [9.17, 15) is 9.59 Å². The summed E-state index contributed by atoms with van der Waals surface area (Å²) >= 11 is 0. The number of carbonyl (C=O) groups excluding carboxylic acids is 2. The third-order valence-corrected chi connectivity index (χ3v) is 4.47. The zero-order valence-corrected chi connectivity index (χ0v) is 16.6. The Bertz CT molecular complexity index is 799. The Hall–Kier alpha value is -2.78. The normalized spacial score (nSPS) is 14.5. The van der Waals surface area contributed by atoms with Gasteiger partial charge in [-0.2, -0.15) is 4.98 Å². The van der Waals surface area contributed by atoms with E-state index >= 15 is 0 Å². The number of ether oxygens (including phenoxy) is 1. The molecule has 1 aliphatic heterocycles. The van der Waals surface area contributed by atoms with Crippen LogP contribution in [0.1, 0.15) is 31.5 Å². The lowest BCUT2D eigenvalue weighted by atomic mass is 10.2. The fourth-order valence-electron chi connectivity index (χ4n) is 2.96. The van der Waals surface area contributed by atoms with E-state index in [0.717, 1.165) is 25.9 Å². The molecule has 0 saturated carbocycles. The molecule has 9 nitrogen and oxygen atoms in total. The van der Waals surface area contributed by atoms with Crippen LogP contribution in [0.3, 0.4) is 0 Å². The summed E-state index contributed by atoms with van der Waals surface area (Å²) in [7, 11) is 0. The van der Waals surface area contributed by atoms with Crippen molar-refractivity contribution < 1.29 is 18.8 Å². The fraction of sp³-hybridized carbons (Fsp3) is 0.500. The van der Waals surface area contributed by atoms with E-state index in [0.29, 0.717) is 49.3 Å². The SMILES string of the molecule is CCCc1noc(CCC(=O)Nc2ccc(NC(=O)CN3CCOCC3)cc2)n1. The summed E-state index contributed by atoms with van der Waals surface area (Å²) in [5.41, 5.74) is 1.36. The largest absolute Gasteiger partial charge is 0.379 e. The number of nitrogens with zero attached hydrogens (tertiary/aromatic N) is 3. The topological polar surface area (TPSA) is 110 Å². The Morgan fingerprint density at radius 1 is 1.03 bits per heavy atom. The van der Waals surface area contributed by atoms with Crippen molar-refractivity contribution >= 4 is 23.2 Å². The first-order valence-corrected chi connectivity index (χ1v) is 9.93. The minimum absolute atomic E-state index is 0.0642. The predicted octanol–water partition coefficient (Wildman–Crippen LogP) is 1.86. The standard InChI is InChI=1S/C20H27N5O4/c1-2-3-17-23-20(29-24-17)9-8-18(26)21-15-4-6-16(7-5-15)22-19(27)14-25-10-12-28-13-11-25/h4-7H,2-3,8-14H2,1H3,(H,21,26)(H,22,27). The molecule has 0 radical (unpaired) electrons. The number of hydrogen-bond donors (Lipinski definition) is 2. The van der Waals surface area contributed by atoms with Crippen molar-refractivity contribution in [3.8, 4) is 0 Å². The van der Waals surface area contributed by atoms with Gasteiger partial charge in [0.1, 0.15) is 0 Å². The van der Waals surface area contributed by atoms with Crippen LogP contribution in [-0.4, -0.2) is 59.7 Å². The molecule has 2 N–H and O–H groups in total.